The SMILES string of the molecule is CNC(O)c1ncccc1N. The Balaban J connectivity index is 2.93. The van der Waals surface area contributed by atoms with Crippen molar-refractivity contribution in [1.82, 2.24) is 10.3 Å². The average molecular weight is 153 g/mol. The third kappa shape index (κ3) is 1.66. The molecule has 0 aliphatic rings. The van der Waals surface area contributed by atoms with E-state index in [1.807, 2.05) is 0 Å². The maximum absolute atomic E-state index is 9.26. The lowest BCUT2D eigenvalue weighted by Crippen LogP contribution is -2.18. The van der Waals surface area contributed by atoms with Gasteiger partial charge < -0.3 is 10.8 Å². The van der Waals surface area contributed by atoms with Crippen LogP contribution in [0.15, 0.2) is 18.3 Å². The van der Waals surface area contributed by atoms with Crippen molar-refractivity contribution in [2.75, 3.05) is 12.8 Å². The van der Waals surface area contributed by atoms with Crippen LogP contribution < -0.4 is 11.1 Å². The number of pyridine rings is 1. The van der Waals surface area contributed by atoms with Crippen LogP contribution >= 0.6 is 0 Å². The number of anilines is 1. The van der Waals surface area contributed by atoms with Crippen LogP contribution in [0.1, 0.15) is 11.9 Å². The number of hydrogen-bond acceptors (Lipinski definition) is 4. The predicted octanol–water partition coefficient (Wildman–Crippen LogP) is -0.126. The van der Waals surface area contributed by atoms with Gasteiger partial charge in [-0.25, -0.2) is 0 Å². The van der Waals surface area contributed by atoms with Crippen LogP contribution in [0.2, 0.25) is 0 Å². The summed E-state index contributed by atoms with van der Waals surface area (Å²) in [6, 6.07) is 3.42. The van der Waals surface area contributed by atoms with E-state index in [1.54, 1.807) is 25.4 Å². The minimum absolute atomic E-state index is 0.468. The van der Waals surface area contributed by atoms with Crippen molar-refractivity contribution in [3.63, 3.8) is 0 Å². The van der Waals surface area contributed by atoms with E-state index >= 15 is 0 Å². The molecular formula is C7H11N3O. The smallest absolute Gasteiger partial charge is 0.149 e. The Labute approximate surface area is 65.1 Å². The number of aromatic nitrogens is 1. The van der Waals surface area contributed by atoms with Gasteiger partial charge in [0.15, 0.2) is 0 Å². The van der Waals surface area contributed by atoms with Crippen molar-refractivity contribution in [3.05, 3.63) is 24.0 Å². The summed E-state index contributed by atoms with van der Waals surface area (Å²) < 4.78 is 0. The first kappa shape index (κ1) is 7.97. The van der Waals surface area contributed by atoms with E-state index in [1.165, 1.54) is 0 Å². The molecule has 1 unspecified atom stereocenters. The Morgan fingerprint density at radius 2 is 2.45 bits per heavy atom. The summed E-state index contributed by atoms with van der Waals surface area (Å²) in [7, 11) is 1.64. The molecule has 4 N–H and O–H groups in total. The minimum Gasteiger partial charge on any atom is -0.397 e. The van der Waals surface area contributed by atoms with E-state index in [-0.39, 0.29) is 0 Å². The number of hydrogen-bond donors (Lipinski definition) is 3. The van der Waals surface area contributed by atoms with Gasteiger partial charge in [0.1, 0.15) is 11.9 Å². The van der Waals surface area contributed by atoms with Gasteiger partial charge in [0.25, 0.3) is 0 Å². The van der Waals surface area contributed by atoms with Crippen molar-refractivity contribution in [2.45, 2.75) is 6.23 Å². The number of rotatable bonds is 2. The second-order valence-electron chi connectivity index (χ2n) is 2.17. The lowest BCUT2D eigenvalue weighted by Gasteiger charge is -2.09. The van der Waals surface area contributed by atoms with Crippen LogP contribution in [0.5, 0.6) is 0 Å². The summed E-state index contributed by atoms with van der Waals surface area (Å²) in [6.07, 6.45) is 0.808. The standard InChI is InChI=1S/C7H11N3O/c1-9-7(11)6-5(8)3-2-4-10-6/h2-4,7,9,11H,8H2,1H3. The first-order valence-electron chi connectivity index (χ1n) is 3.31. The molecular weight excluding hydrogens is 142 g/mol. The van der Waals surface area contributed by atoms with Crippen molar-refractivity contribution in [2.24, 2.45) is 0 Å². The van der Waals surface area contributed by atoms with Gasteiger partial charge in [-0.3, -0.25) is 10.3 Å². The number of nitrogens with zero attached hydrogens (tertiary/aromatic N) is 1. The highest BCUT2D eigenvalue weighted by Gasteiger charge is 2.07. The van der Waals surface area contributed by atoms with Crippen molar-refractivity contribution < 1.29 is 5.11 Å². The second kappa shape index (κ2) is 3.32. The molecule has 0 aliphatic heterocycles. The Kier molecular flexibility index (Phi) is 2.40. The van der Waals surface area contributed by atoms with Crippen LogP contribution in [0.25, 0.3) is 0 Å². The summed E-state index contributed by atoms with van der Waals surface area (Å²) in [6.45, 7) is 0. The van der Waals surface area contributed by atoms with Crippen LogP contribution in [0.4, 0.5) is 5.69 Å². The molecule has 0 bridgehead atoms. The molecule has 1 aromatic rings. The van der Waals surface area contributed by atoms with Crippen molar-refractivity contribution >= 4 is 5.69 Å². The molecule has 1 rings (SSSR count). The quantitative estimate of drug-likeness (QED) is 0.518. The molecule has 0 amide bonds. The van der Waals surface area contributed by atoms with Crippen LogP contribution in [0.3, 0.4) is 0 Å². The zero-order valence-corrected chi connectivity index (χ0v) is 6.28. The minimum atomic E-state index is -0.781. The fraction of sp³-hybridized carbons (Fsp3) is 0.286. The van der Waals surface area contributed by atoms with Gasteiger partial charge in [0.2, 0.25) is 0 Å². The Hall–Kier alpha value is -1.13. The second-order valence-corrected chi connectivity index (χ2v) is 2.17. The molecule has 1 atom stereocenters. The summed E-state index contributed by atoms with van der Waals surface area (Å²) >= 11 is 0. The predicted molar refractivity (Wildman–Crippen MR) is 42.7 cm³/mol. The fourth-order valence-corrected chi connectivity index (χ4v) is 0.795. The molecule has 0 spiro atoms. The molecule has 0 saturated carbocycles. The van der Waals surface area contributed by atoms with E-state index in [0.717, 1.165) is 0 Å². The van der Waals surface area contributed by atoms with Gasteiger partial charge in [0.05, 0.1) is 5.69 Å². The maximum Gasteiger partial charge on any atom is 0.149 e. The lowest BCUT2D eigenvalue weighted by molar-refractivity contribution is 0.145. The number of nitrogen functional groups attached to an aromatic ring is 1. The fourth-order valence-electron chi connectivity index (χ4n) is 0.795. The molecule has 60 valence electrons. The normalized spacial score (nSPS) is 12.9. The average Bonchev–Trinajstić information content (AvgIpc) is 2.04. The molecule has 4 nitrogen and oxygen atoms in total. The largest absolute Gasteiger partial charge is 0.397 e. The first-order chi connectivity index (χ1) is 5.25. The van der Waals surface area contributed by atoms with Crippen LogP contribution in [-0.4, -0.2) is 17.1 Å². The first-order valence-corrected chi connectivity index (χ1v) is 3.31. The van der Waals surface area contributed by atoms with Crippen LogP contribution in [0, 0.1) is 0 Å². The number of nitrogens with one attached hydrogen (secondary N) is 1. The van der Waals surface area contributed by atoms with Gasteiger partial charge in [0, 0.05) is 6.20 Å². The Morgan fingerprint density at radius 3 is 3.00 bits per heavy atom. The lowest BCUT2D eigenvalue weighted by atomic mass is 10.3. The Bertz CT molecular complexity index is 239. The third-order valence-corrected chi connectivity index (χ3v) is 1.40. The van der Waals surface area contributed by atoms with Gasteiger partial charge in [-0.2, -0.15) is 0 Å². The maximum atomic E-state index is 9.26. The van der Waals surface area contributed by atoms with E-state index in [0.29, 0.717) is 11.4 Å². The van der Waals surface area contributed by atoms with Gasteiger partial charge in [-0.05, 0) is 19.2 Å². The van der Waals surface area contributed by atoms with E-state index in [4.69, 9.17) is 5.73 Å². The number of nitrogens with two attached hydrogens (primary N) is 1. The summed E-state index contributed by atoms with van der Waals surface area (Å²) in [5.41, 5.74) is 6.50. The molecule has 0 aromatic carbocycles. The van der Waals surface area contributed by atoms with E-state index in [2.05, 4.69) is 10.3 Å². The molecule has 0 saturated heterocycles. The van der Waals surface area contributed by atoms with Crippen LogP contribution in [-0.2, 0) is 0 Å². The van der Waals surface area contributed by atoms with E-state index < -0.39 is 6.23 Å². The molecule has 0 fully saturated rings. The van der Waals surface area contributed by atoms with Crippen molar-refractivity contribution in [3.8, 4) is 0 Å². The zero-order chi connectivity index (χ0) is 8.27. The Morgan fingerprint density at radius 1 is 1.73 bits per heavy atom. The number of aliphatic hydroxyl groups is 1. The highest BCUT2D eigenvalue weighted by molar-refractivity contribution is 5.42. The van der Waals surface area contributed by atoms with Gasteiger partial charge in [-0.15, -0.1) is 0 Å². The molecule has 11 heavy (non-hydrogen) atoms. The molecule has 0 radical (unpaired) electrons. The topological polar surface area (TPSA) is 71.2 Å². The summed E-state index contributed by atoms with van der Waals surface area (Å²) in [5.74, 6) is 0. The molecule has 4 heteroatoms. The highest BCUT2D eigenvalue weighted by atomic mass is 16.3. The summed E-state index contributed by atoms with van der Waals surface area (Å²) in [5, 5.41) is 11.9. The van der Waals surface area contributed by atoms with E-state index in [9.17, 15) is 5.11 Å². The zero-order valence-electron chi connectivity index (χ0n) is 6.28. The van der Waals surface area contributed by atoms with Crippen molar-refractivity contribution in [1.29, 1.82) is 0 Å². The monoisotopic (exact) mass is 153 g/mol. The summed E-state index contributed by atoms with van der Waals surface area (Å²) in [4.78, 5) is 3.91. The molecule has 1 aromatic heterocycles. The number of aliphatic hydroxyl groups excluding tert-OH is 1. The van der Waals surface area contributed by atoms with Gasteiger partial charge in [-0.1, -0.05) is 0 Å². The molecule has 1 heterocycles. The highest BCUT2D eigenvalue weighted by Crippen LogP contribution is 2.13. The van der Waals surface area contributed by atoms with Gasteiger partial charge >= 0.3 is 0 Å². The third-order valence-electron chi connectivity index (χ3n) is 1.40. The molecule has 0 aliphatic carbocycles.